The molecule has 1 aliphatic rings. The summed E-state index contributed by atoms with van der Waals surface area (Å²) < 4.78 is 1.92. The van der Waals surface area contributed by atoms with Crippen LogP contribution in [0.1, 0.15) is 38.1 Å². The third kappa shape index (κ3) is 2.87. The Morgan fingerprint density at radius 2 is 2.12 bits per heavy atom. The molecule has 0 bridgehead atoms. The van der Waals surface area contributed by atoms with Crippen molar-refractivity contribution in [1.29, 1.82) is 0 Å². The number of aliphatic hydroxyl groups is 2. The Hall–Kier alpha value is -0.870. The summed E-state index contributed by atoms with van der Waals surface area (Å²) >= 11 is 0. The highest BCUT2D eigenvalue weighted by molar-refractivity contribution is 5.12. The van der Waals surface area contributed by atoms with Crippen molar-refractivity contribution in [3.05, 3.63) is 17.5 Å². The van der Waals surface area contributed by atoms with Gasteiger partial charge in [-0.1, -0.05) is 6.92 Å². The molecular formula is C13H22N2O2. The van der Waals surface area contributed by atoms with Crippen LogP contribution in [0.4, 0.5) is 0 Å². The topological polar surface area (TPSA) is 58.3 Å². The molecule has 0 aromatic carbocycles. The Kier molecular flexibility index (Phi) is 3.84. The molecule has 1 aromatic rings. The van der Waals surface area contributed by atoms with Gasteiger partial charge in [0.25, 0.3) is 0 Å². The average molecular weight is 238 g/mol. The van der Waals surface area contributed by atoms with E-state index in [0.717, 1.165) is 37.2 Å². The van der Waals surface area contributed by atoms with E-state index in [1.807, 2.05) is 17.7 Å². The van der Waals surface area contributed by atoms with E-state index < -0.39 is 12.2 Å². The molecule has 1 heterocycles. The molecule has 0 aliphatic heterocycles. The van der Waals surface area contributed by atoms with Crippen molar-refractivity contribution in [2.75, 3.05) is 0 Å². The molecule has 0 radical (unpaired) electrons. The lowest BCUT2D eigenvalue weighted by Gasteiger charge is -2.17. The van der Waals surface area contributed by atoms with Gasteiger partial charge in [-0.25, -0.2) is 0 Å². The second kappa shape index (κ2) is 5.19. The maximum absolute atomic E-state index is 9.99. The van der Waals surface area contributed by atoms with Crippen LogP contribution in [-0.4, -0.2) is 32.2 Å². The average Bonchev–Trinajstić information content (AvgIpc) is 3.10. The van der Waals surface area contributed by atoms with Crippen LogP contribution >= 0.6 is 0 Å². The first-order valence-electron chi connectivity index (χ1n) is 6.57. The Labute approximate surface area is 102 Å². The number of hydrogen-bond acceptors (Lipinski definition) is 3. The summed E-state index contributed by atoms with van der Waals surface area (Å²) in [5.41, 5.74) is 2.08. The third-order valence-corrected chi connectivity index (χ3v) is 3.49. The lowest BCUT2D eigenvalue weighted by atomic mass is 10.0. The van der Waals surface area contributed by atoms with Crippen LogP contribution in [0.3, 0.4) is 0 Å². The monoisotopic (exact) mass is 238 g/mol. The van der Waals surface area contributed by atoms with Crippen molar-refractivity contribution in [3.63, 3.8) is 0 Å². The van der Waals surface area contributed by atoms with Crippen molar-refractivity contribution in [2.45, 2.75) is 58.3 Å². The third-order valence-electron chi connectivity index (χ3n) is 3.49. The van der Waals surface area contributed by atoms with E-state index >= 15 is 0 Å². The van der Waals surface area contributed by atoms with Gasteiger partial charge in [0.1, 0.15) is 0 Å². The fraction of sp³-hybridized carbons (Fsp3) is 0.769. The zero-order valence-corrected chi connectivity index (χ0v) is 10.6. The van der Waals surface area contributed by atoms with E-state index in [2.05, 4.69) is 12.0 Å². The summed E-state index contributed by atoms with van der Waals surface area (Å²) in [5.74, 6) is 0.314. The SMILES string of the molecule is CCc1cc(CC(O)C(O)C2CC2)n(CC)n1. The van der Waals surface area contributed by atoms with Crippen LogP contribution < -0.4 is 0 Å². The largest absolute Gasteiger partial charge is 0.390 e. The Balaban J connectivity index is 2.03. The van der Waals surface area contributed by atoms with Gasteiger partial charge in [0.2, 0.25) is 0 Å². The zero-order valence-electron chi connectivity index (χ0n) is 10.6. The summed E-state index contributed by atoms with van der Waals surface area (Å²) in [5, 5.41) is 24.3. The van der Waals surface area contributed by atoms with Crippen LogP contribution in [0.25, 0.3) is 0 Å². The number of aromatic nitrogens is 2. The lowest BCUT2D eigenvalue weighted by Crippen LogP contribution is -2.30. The normalized spacial score (nSPS) is 19.3. The highest BCUT2D eigenvalue weighted by atomic mass is 16.3. The minimum atomic E-state index is -0.658. The first kappa shape index (κ1) is 12.6. The number of hydrogen-bond donors (Lipinski definition) is 2. The molecule has 2 N–H and O–H groups in total. The van der Waals surface area contributed by atoms with Gasteiger partial charge in [0.05, 0.1) is 17.9 Å². The van der Waals surface area contributed by atoms with Crippen LogP contribution in [0, 0.1) is 5.92 Å². The van der Waals surface area contributed by atoms with Gasteiger partial charge in [-0.15, -0.1) is 0 Å². The van der Waals surface area contributed by atoms with Gasteiger partial charge in [-0.2, -0.15) is 5.10 Å². The predicted molar refractivity (Wildman–Crippen MR) is 65.7 cm³/mol. The van der Waals surface area contributed by atoms with Crippen LogP contribution in [-0.2, 0) is 19.4 Å². The van der Waals surface area contributed by atoms with Gasteiger partial charge in [0, 0.05) is 18.7 Å². The standard InChI is InChI=1S/C13H22N2O2/c1-3-10-7-11(15(4-2)14-10)8-12(16)13(17)9-5-6-9/h7,9,12-13,16-17H,3-6,8H2,1-2H3. The van der Waals surface area contributed by atoms with Gasteiger partial charge in [0.15, 0.2) is 0 Å². The summed E-state index contributed by atoms with van der Waals surface area (Å²) in [6, 6.07) is 2.03. The van der Waals surface area contributed by atoms with E-state index in [1.165, 1.54) is 0 Å². The van der Waals surface area contributed by atoms with Gasteiger partial charge in [-0.05, 0) is 38.2 Å². The maximum atomic E-state index is 9.99. The van der Waals surface area contributed by atoms with Crippen LogP contribution in [0.5, 0.6) is 0 Å². The molecular weight excluding hydrogens is 216 g/mol. The fourth-order valence-corrected chi connectivity index (χ4v) is 2.21. The highest BCUT2D eigenvalue weighted by Gasteiger charge is 2.34. The Morgan fingerprint density at radius 3 is 2.65 bits per heavy atom. The molecule has 2 rings (SSSR count). The van der Waals surface area contributed by atoms with E-state index in [-0.39, 0.29) is 0 Å². The summed E-state index contributed by atoms with van der Waals surface area (Å²) in [7, 11) is 0. The number of nitrogens with zero attached hydrogens (tertiary/aromatic N) is 2. The first-order chi connectivity index (χ1) is 8.15. The zero-order chi connectivity index (χ0) is 12.4. The fourth-order valence-electron chi connectivity index (χ4n) is 2.21. The molecule has 0 amide bonds. The van der Waals surface area contributed by atoms with Crippen molar-refractivity contribution >= 4 is 0 Å². The number of aryl methyl sites for hydroxylation is 2. The molecule has 1 saturated carbocycles. The molecule has 17 heavy (non-hydrogen) atoms. The Bertz CT molecular complexity index is 371. The molecule has 1 aromatic heterocycles. The smallest absolute Gasteiger partial charge is 0.0856 e. The first-order valence-corrected chi connectivity index (χ1v) is 6.57. The second-order valence-corrected chi connectivity index (χ2v) is 4.90. The van der Waals surface area contributed by atoms with Crippen LogP contribution in [0.2, 0.25) is 0 Å². The van der Waals surface area contributed by atoms with Crippen molar-refractivity contribution in [2.24, 2.45) is 5.92 Å². The second-order valence-electron chi connectivity index (χ2n) is 4.90. The van der Waals surface area contributed by atoms with Crippen LogP contribution in [0.15, 0.2) is 6.07 Å². The molecule has 96 valence electrons. The van der Waals surface area contributed by atoms with Crippen molar-refractivity contribution in [1.82, 2.24) is 9.78 Å². The molecule has 1 aliphatic carbocycles. The lowest BCUT2D eigenvalue weighted by molar-refractivity contribution is 0.00569. The van der Waals surface area contributed by atoms with Gasteiger partial charge < -0.3 is 10.2 Å². The molecule has 4 heteroatoms. The molecule has 0 saturated heterocycles. The summed E-state index contributed by atoms with van der Waals surface area (Å²) in [6.45, 7) is 4.92. The molecule has 0 spiro atoms. The number of aliphatic hydroxyl groups excluding tert-OH is 2. The summed E-state index contributed by atoms with van der Waals surface area (Å²) in [4.78, 5) is 0. The van der Waals surface area contributed by atoms with Crippen molar-refractivity contribution in [3.8, 4) is 0 Å². The number of rotatable bonds is 6. The van der Waals surface area contributed by atoms with E-state index in [9.17, 15) is 10.2 Å². The highest BCUT2D eigenvalue weighted by Crippen LogP contribution is 2.34. The summed E-state index contributed by atoms with van der Waals surface area (Å²) in [6.07, 6.45) is 2.27. The van der Waals surface area contributed by atoms with E-state index in [0.29, 0.717) is 12.3 Å². The van der Waals surface area contributed by atoms with Gasteiger partial charge >= 0.3 is 0 Å². The maximum Gasteiger partial charge on any atom is 0.0856 e. The molecule has 2 unspecified atom stereocenters. The van der Waals surface area contributed by atoms with Gasteiger partial charge in [-0.3, -0.25) is 4.68 Å². The van der Waals surface area contributed by atoms with Crippen molar-refractivity contribution < 1.29 is 10.2 Å². The Morgan fingerprint density at radius 1 is 1.41 bits per heavy atom. The molecule has 1 fully saturated rings. The van der Waals surface area contributed by atoms with E-state index in [4.69, 9.17) is 0 Å². The minimum absolute atomic E-state index is 0.314. The molecule has 2 atom stereocenters. The molecule has 4 nitrogen and oxygen atoms in total. The quantitative estimate of drug-likeness (QED) is 0.781. The van der Waals surface area contributed by atoms with E-state index in [1.54, 1.807) is 0 Å². The predicted octanol–water partition coefficient (Wildman–Crippen LogP) is 1.14. The minimum Gasteiger partial charge on any atom is -0.390 e.